The predicted octanol–water partition coefficient (Wildman–Crippen LogP) is 2.02. The van der Waals surface area contributed by atoms with E-state index in [-0.39, 0.29) is 17.7 Å². The Kier molecular flexibility index (Phi) is 6.12. The highest BCUT2D eigenvalue weighted by molar-refractivity contribution is 5.80. The van der Waals surface area contributed by atoms with Crippen LogP contribution >= 0.6 is 0 Å². The molecule has 1 N–H and O–H groups in total. The summed E-state index contributed by atoms with van der Waals surface area (Å²) in [7, 11) is 1.33. The summed E-state index contributed by atoms with van der Waals surface area (Å²) in [6.45, 7) is 7.33. The lowest BCUT2D eigenvalue weighted by atomic mass is 9.93. The Morgan fingerprint density at radius 3 is 2.63 bits per heavy atom. The molecule has 0 aromatic heterocycles. The first-order valence-electron chi connectivity index (χ1n) is 7.13. The maximum absolute atomic E-state index is 12.6. The van der Waals surface area contributed by atoms with Crippen molar-refractivity contribution in [1.82, 2.24) is 10.2 Å². The van der Waals surface area contributed by atoms with Crippen LogP contribution in [0.2, 0.25) is 0 Å². The fourth-order valence-electron chi connectivity index (χ4n) is 2.64. The molecule has 1 heterocycles. The average molecular weight is 270 g/mol. The van der Waals surface area contributed by atoms with E-state index in [0.29, 0.717) is 12.6 Å². The van der Waals surface area contributed by atoms with E-state index in [9.17, 15) is 9.59 Å². The van der Waals surface area contributed by atoms with Crippen LogP contribution in [0.3, 0.4) is 0 Å². The number of carbonyl (C=O) groups excluding carboxylic acids is 2. The summed E-state index contributed by atoms with van der Waals surface area (Å²) >= 11 is 0. The Balaban J connectivity index is 2.64. The number of methoxy groups -OCH3 is 1. The van der Waals surface area contributed by atoms with Crippen LogP contribution in [-0.2, 0) is 9.53 Å². The molecule has 1 aliphatic heterocycles. The molecule has 5 heteroatoms. The number of carbonyl (C=O) groups is 2. The molecule has 1 aliphatic rings. The van der Waals surface area contributed by atoms with Crippen LogP contribution in [-0.4, -0.2) is 43.1 Å². The van der Waals surface area contributed by atoms with Crippen molar-refractivity contribution in [3.63, 3.8) is 0 Å². The first-order chi connectivity index (χ1) is 9.01. The molecule has 19 heavy (non-hydrogen) atoms. The van der Waals surface area contributed by atoms with Gasteiger partial charge in [-0.05, 0) is 25.2 Å². The third kappa shape index (κ3) is 4.11. The Morgan fingerprint density at radius 2 is 2.11 bits per heavy atom. The van der Waals surface area contributed by atoms with Gasteiger partial charge in [0, 0.05) is 19.1 Å². The normalized spacial score (nSPS) is 20.5. The molecule has 0 spiro atoms. The molecule has 1 rings (SSSR count). The summed E-state index contributed by atoms with van der Waals surface area (Å²) in [5.41, 5.74) is 0. The summed E-state index contributed by atoms with van der Waals surface area (Å²) < 4.78 is 4.55. The molecule has 5 nitrogen and oxygen atoms in total. The monoisotopic (exact) mass is 270 g/mol. The molecule has 1 saturated heterocycles. The van der Waals surface area contributed by atoms with Crippen LogP contribution in [0.15, 0.2) is 0 Å². The van der Waals surface area contributed by atoms with Crippen LogP contribution in [0.1, 0.15) is 40.0 Å². The second-order valence-electron chi connectivity index (χ2n) is 5.46. The average Bonchev–Trinajstić information content (AvgIpc) is 2.86. The lowest BCUT2D eigenvalue weighted by Crippen LogP contribution is -2.45. The second kappa shape index (κ2) is 7.36. The number of likely N-dealkylation sites (tertiary alicyclic amines) is 1. The maximum Gasteiger partial charge on any atom is 0.406 e. The Bertz CT molecular complexity index is 318. The van der Waals surface area contributed by atoms with Gasteiger partial charge in [0.05, 0.1) is 13.0 Å². The molecule has 0 bridgehead atoms. The van der Waals surface area contributed by atoms with Gasteiger partial charge in [-0.15, -0.1) is 0 Å². The lowest BCUT2D eigenvalue weighted by Gasteiger charge is -2.30. The molecule has 0 aliphatic carbocycles. The van der Waals surface area contributed by atoms with Crippen molar-refractivity contribution in [3.05, 3.63) is 0 Å². The maximum atomic E-state index is 12.6. The molecule has 0 radical (unpaired) electrons. The van der Waals surface area contributed by atoms with Crippen molar-refractivity contribution in [3.8, 4) is 0 Å². The van der Waals surface area contributed by atoms with Gasteiger partial charge in [0.1, 0.15) is 0 Å². The Labute approximate surface area is 115 Å². The van der Waals surface area contributed by atoms with Gasteiger partial charge in [-0.25, -0.2) is 4.79 Å². The third-order valence-electron chi connectivity index (χ3n) is 3.91. The van der Waals surface area contributed by atoms with Crippen molar-refractivity contribution >= 4 is 12.0 Å². The van der Waals surface area contributed by atoms with Gasteiger partial charge in [0.25, 0.3) is 0 Å². The number of amides is 2. The first kappa shape index (κ1) is 15.8. The van der Waals surface area contributed by atoms with E-state index >= 15 is 0 Å². The van der Waals surface area contributed by atoms with Crippen LogP contribution in [0, 0.1) is 11.8 Å². The molecule has 0 aromatic carbocycles. The van der Waals surface area contributed by atoms with E-state index in [4.69, 9.17) is 0 Å². The third-order valence-corrected chi connectivity index (χ3v) is 3.91. The summed E-state index contributed by atoms with van der Waals surface area (Å²) in [5.74, 6) is 0.185. The number of ether oxygens (including phenoxy) is 1. The SMILES string of the molecule is CCC1CCCN1C(=O)C(CNC(=O)OC)C(C)C. The van der Waals surface area contributed by atoms with Gasteiger partial charge in [0.2, 0.25) is 5.91 Å². The molecule has 110 valence electrons. The van der Waals surface area contributed by atoms with Gasteiger partial charge in [-0.2, -0.15) is 0 Å². The van der Waals surface area contributed by atoms with E-state index in [1.165, 1.54) is 7.11 Å². The summed E-state index contributed by atoms with van der Waals surface area (Å²) in [6, 6.07) is 0.367. The van der Waals surface area contributed by atoms with Gasteiger partial charge < -0.3 is 15.0 Å². The first-order valence-corrected chi connectivity index (χ1v) is 7.13. The van der Waals surface area contributed by atoms with Crippen LogP contribution in [0.4, 0.5) is 4.79 Å². The predicted molar refractivity (Wildman–Crippen MR) is 73.8 cm³/mol. The molecular weight excluding hydrogens is 244 g/mol. The quantitative estimate of drug-likeness (QED) is 0.831. The minimum Gasteiger partial charge on any atom is -0.453 e. The molecule has 2 amide bonds. The molecule has 0 saturated carbocycles. The Morgan fingerprint density at radius 1 is 1.42 bits per heavy atom. The standard InChI is InChI=1S/C14H26N2O3/c1-5-11-7-6-8-16(11)13(17)12(10(2)3)9-15-14(18)19-4/h10-12H,5-9H2,1-4H3,(H,15,18). The zero-order chi connectivity index (χ0) is 14.4. The van der Waals surface area contributed by atoms with E-state index in [0.717, 1.165) is 25.8 Å². The molecule has 1 fully saturated rings. The highest BCUT2D eigenvalue weighted by atomic mass is 16.5. The lowest BCUT2D eigenvalue weighted by molar-refractivity contribution is -0.137. The van der Waals surface area contributed by atoms with E-state index in [2.05, 4.69) is 17.0 Å². The fraction of sp³-hybridized carbons (Fsp3) is 0.857. The second-order valence-corrected chi connectivity index (χ2v) is 5.46. The number of hydrogen-bond donors (Lipinski definition) is 1. The minimum atomic E-state index is -0.480. The van der Waals surface area contributed by atoms with Crippen molar-refractivity contribution in [2.45, 2.75) is 46.1 Å². The molecule has 2 unspecified atom stereocenters. The summed E-state index contributed by atoms with van der Waals surface area (Å²) in [5, 5.41) is 2.64. The van der Waals surface area contributed by atoms with Gasteiger partial charge in [-0.3, -0.25) is 4.79 Å². The Hall–Kier alpha value is -1.26. The zero-order valence-corrected chi connectivity index (χ0v) is 12.4. The fourth-order valence-corrected chi connectivity index (χ4v) is 2.64. The number of nitrogens with zero attached hydrogens (tertiary/aromatic N) is 1. The number of alkyl carbamates (subject to hydrolysis) is 1. The zero-order valence-electron chi connectivity index (χ0n) is 12.4. The highest BCUT2D eigenvalue weighted by Gasteiger charge is 2.33. The van der Waals surface area contributed by atoms with Crippen LogP contribution in [0.25, 0.3) is 0 Å². The largest absolute Gasteiger partial charge is 0.453 e. The smallest absolute Gasteiger partial charge is 0.406 e. The van der Waals surface area contributed by atoms with Crippen LogP contribution < -0.4 is 5.32 Å². The molecule has 2 atom stereocenters. The van der Waals surface area contributed by atoms with Crippen molar-refractivity contribution in [2.24, 2.45) is 11.8 Å². The van der Waals surface area contributed by atoms with E-state index < -0.39 is 6.09 Å². The number of hydrogen-bond acceptors (Lipinski definition) is 3. The van der Waals surface area contributed by atoms with Crippen LogP contribution in [0.5, 0.6) is 0 Å². The van der Waals surface area contributed by atoms with Gasteiger partial charge >= 0.3 is 6.09 Å². The minimum absolute atomic E-state index is 0.163. The number of nitrogens with one attached hydrogen (secondary N) is 1. The van der Waals surface area contributed by atoms with E-state index in [1.807, 2.05) is 18.7 Å². The summed E-state index contributed by atoms with van der Waals surface area (Å²) in [6.07, 6.45) is 2.70. The summed E-state index contributed by atoms with van der Waals surface area (Å²) in [4.78, 5) is 25.7. The topological polar surface area (TPSA) is 58.6 Å². The van der Waals surface area contributed by atoms with Crippen molar-refractivity contribution < 1.29 is 14.3 Å². The van der Waals surface area contributed by atoms with Gasteiger partial charge in [0.15, 0.2) is 0 Å². The van der Waals surface area contributed by atoms with E-state index in [1.54, 1.807) is 0 Å². The highest BCUT2D eigenvalue weighted by Crippen LogP contribution is 2.24. The van der Waals surface area contributed by atoms with Crippen molar-refractivity contribution in [2.75, 3.05) is 20.2 Å². The van der Waals surface area contributed by atoms with Crippen molar-refractivity contribution in [1.29, 1.82) is 0 Å². The number of rotatable bonds is 5. The molecular formula is C14H26N2O3. The van der Waals surface area contributed by atoms with Gasteiger partial charge in [-0.1, -0.05) is 20.8 Å². The molecule has 0 aromatic rings.